The molecule has 0 unspecified atom stereocenters. The Morgan fingerprint density at radius 1 is 0.783 bits per heavy atom. The smallest absolute Gasteiger partial charge is 0.411 e. The number of amides is 1. The van der Waals surface area contributed by atoms with E-state index >= 15 is 0 Å². The average molecular weight is 301 g/mol. The number of hydrogen-bond donors (Lipinski definition) is 1. The molecule has 0 spiro atoms. The molecule has 0 atom stereocenters. The van der Waals surface area contributed by atoms with Crippen molar-refractivity contribution in [3.05, 3.63) is 78.4 Å². The van der Waals surface area contributed by atoms with E-state index in [4.69, 9.17) is 4.74 Å². The summed E-state index contributed by atoms with van der Waals surface area (Å²) in [5, 5.41) is 2.76. The molecule has 0 aromatic heterocycles. The Balaban J connectivity index is 1.34. The van der Waals surface area contributed by atoms with E-state index in [-0.39, 0.29) is 6.61 Å². The Morgan fingerprint density at radius 2 is 1.43 bits per heavy atom. The highest BCUT2D eigenvalue weighted by Gasteiger charge is 2.25. The van der Waals surface area contributed by atoms with Crippen LogP contribution in [0, 0.1) is 0 Å². The second-order valence-electron chi connectivity index (χ2n) is 5.49. The molecule has 3 heteroatoms. The average Bonchev–Trinajstić information content (AvgIpc) is 3.02. The lowest BCUT2D eigenvalue weighted by Crippen LogP contribution is -2.11. The molecule has 4 rings (SSSR count). The highest BCUT2D eigenvalue weighted by atomic mass is 16.5. The van der Waals surface area contributed by atoms with Crippen LogP contribution in [-0.2, 0) is 11.3 Å². The molecule has 0 heterocycles. The Morgan fingerprint density at radius 3 is 2.13 bits per heavy atom. The van der Waals surface area contributed by atoms with Crippen molar-refractivity contribution < 1.29 is 9.53 Å². The molecule has 0 saturated heterocycles. The van der Waals surface area contributed by atoms with Crippen LogP contribution < -0.4 is 5.32 Å². The van der Waals surface area contributed by atoms with Gasteiger partial charge in [0, 0.05) is 11.1 Å². The maximum Gasteiger partial charge on any atom is 0.411 e. The molecule has 1 amide bonds. The lowest BCUT2D eigenvalue weighted by atomic mass is 10.0. The van der Waals surface area contributed by atoms with E-state index in [2.05, 4.69) is 17.4 Å². The van der Waals surface area contributed by atoms with Gasteiger partial charge in [0.25, 0.3) is 0 Å². The summed E-state index contributed by atoms with van der Waals surface area (Å²) in [5.74, 6) is 0. The fraction of sp³-hybridized carbons (Fsp3) is 0.0500. The van der Waals surface area contributed by atoms with Crippen LogP contribution in [-0.4, -0.2) is 6.09 Å². The largest absolute Gasteiger partial charge is 0.444 e. The predicted molar refractivity (Wildman–Crippen MR) is 91.1 cm³/mol. The van der Waals surface area contributed by atoms with Crippen LogP contribution >= 0.6 is 0 Å². The molecule has 0 fully saturated rings. The molecule has 2 aliphatic rings. The van der Waals surface area contributed by atoms with E-state index < -0.39 is 6.09 Å². The summed E-state index contributed by atoms with van der Waals surface area (Å²) >= 11 is 0. The van der Waals surface area contributed by atoms with Crippen molar-refractivity contribution in [1.82, 2.24) is 0 Å². The van der Waals surface area contributed by atoms with Crippen molar-refractivity contribution in [3.63, 3.8) is 0 Å². The monoisotopic (exact) mass is 301 g/mol. The number of carbonyl (C=O) groups excluding carboxylic acids is 1. The summed E-state index contributed by atoms with van der Waals surface area (Å²) in [4.78, 5) is 11.8. The minimum Gasteiger partial charge on any atom is -0.444 e. The highest BCUT2D eigenvalue weighted by molar-refractivity contribution is 6.10. The minimum absolute atomic E-state index is 0.262. The molecular weight excluding hydrogens is 286 g/mol. The summed E-state index contributed by atoms with van der Waals surface area (Å²) in [7, 11) is 0. The third-order valence-corrected chi connectivity index (χ3v) is 3.95. The molecule has 1 N–H and O–H groups in total. The molecule has 2 aromatic carbocycles. The standard InChI is InChI=1S/C20H15NO2/c22-20(21-19-17-7-4-8-18(17)19)23-13-14-9-11-16(12-10-14)15-5-2-1-3-6-15/h1-12H,13H2,(H,21,22). The molecule has 0 radical (unpaired) electrons. The summed E-state index contributed by atoms with van der Waals surface area (Å²) in [6, 6.07) is 24.1. The summed E-state index contributed by atoms with van der Waals surface area (Å²) in [6.07, 6.45) is -0.414. The van der Waals surface area contributed by atoms with Crippen molar-refractivity contribution in [1.29, 1.82) is 0 Å². The van der Waals surface area contributed by atoms with Crippen molar-refractivity contribution >= 4 is 11.8 Å². The quantitative estimate of drug-likeness (QED) is 0.570. The van der Waals surface area contributed by atoms with Crippen LogP contribution in [0.2, 0.25) is 0 Å². The molecule has 0 aliphatic heterocycles. The Bertz CT molecular complexity index is 834. The van der Waals surface area contributed by atoms with E-state index in [1.807, 2.05) is 60.7 Å². The predicted octanol–water partition coefficient (Wildman–Crippen LogP) is 5.08. The number of rotatable bonds is 4. The third kappa shape index (κ3) is 2.81. The number of ether oxygens (including phenoxy) is 1. The topological polar surface area (TPSA) is 38.3 Å². The molecule has 0 bridgehead atoms. The number of para-hydroxylation sites is 1. The van der Waals surface area contributed by atoms with Gasteiger partial charge in [0.15, 0.2) is 0 Å². The number of carbonyl (C=O) groups is 1. The van der Waals surface area contributed by atoms with Gasteiger partial charge in [0.05, 0.1) is 5.69 Å². The number of hydrogen-bond acceptors (Lipinski definition) is 2. The van der Waals surface area contributed by atoms with E-state index in [0.29, 0.717) is 0 Å². The number of fused-ring (bicyclic) bond motifs is 1. The van der Waals surface area contributed by atoms with E-state index in [9.17, 15) is 4.79 Å². The zero-order chi connectivity index (χ0) is 15.6. The normalized spacial score (nSPS) is 11.0. The van der Waals surface area contributed by atoms with E-state index in [0.717, 1.165) is 27.9 Å². The van der Waals surface area contributed by atoms with Gasteiger partial charge in [0.2, 0.25) is 0 Å². The number of anilines is 1. The van der Waals surface area contributed by atoms with Gasteiger partial charge >= 0.3 is 6.09 Å². The molecule has 2 aromatic rings. The first-order valence-electron chi connectivity index (χ1n) is 7.53. The fourth-order valence-corrected chi connectivity index (χ4v) is 2.65. The number of benzene rings is 3. The van der Waals surface area contributed by atoms with Crippen LogP contribution in [0.4, 0.5) is 10.5 Å². The first kappa shape index (κ1) is 13.6. The van der Waals surface area contributed by atoms with Crippen LogP contribution in [0.15, 0.2) is 72.8 Å². The zero-order valence-electron chi connectivity index (χ0n) is 12.5. The van der Waals surface area contributed by atoms with Gasteiger partial charge in [-0.2, -0.15) is 0 Å². The maximum atomic E-state index is 11.8. The first-order chi connectivity index (χ1) is 11.3. The van der Waals surface area contributed by atoms with Crippen LogP contribution in [0.25, 0.3) is 22.3 Å². The van der Waals surface area contributed by atoms with Crippen LogP contribution in [0.3, 0.4) is 0 Å². The van der Waals surface area contributed by atoms with Gasteiger partial charge in [-0.1, -0.05) is 72.8 Å². The van der Waals surface area contributed by atoms with Gasteiger partial charge in [-0.3, -0.25) is 5.32 Å². The molecule has 23 heavy (non-hydrogen) atoms. The second kappa shape index (κ2) is 5.61. The molecule has 112 valence electrons. The van der Waals surface area contributed by atoms with Crippen LogP contribution in [0.1, 0.15) is 5.56 Å². The van der Waals surface area contributed by atoms with Gasteiger partial charge in [-0.15, -0.1) is 0 Å². The third-order valence-electron chi connectivity index (χ3n) is 3.95. The minimum atomic E-state index is -0.414. The maximum absolute atomic E-state index is 11.8. The fourth-order valence-electron chi connectivity index (χ4n) is 2.65. The van der Waals surface area contributed by atoms with E-state index in [1.54, 1.807) is 0 Å². The Hall–Kier alpha value is -3.07. The Labute approximate surface area is 134 Å². The van der Waals surface area contributed by atoms with Gasteiger partial charge in [-0.05, 0) is 16.7 Å². The van der Waals surface area contributed by atoms with Gasteiger partial charge in [-0.25, -0.2) is 4.79 Å². The molecular formula is C20H15NO2. The number of nitrogens with one attached hydrogen (secondary N) is 1. The van der Waals surface area contributed by atoms with Crippen molar-refractivity contribution in [2.24, 2.45) is 0 Å². The van der Waals surface area contributed by atoms with Gasteiger partial charge in [0.1, 0.15) is 6.61 Å². The van der Waals surface area contributed by atoms with E-state index in [1.165, 1.54) is 5.56 Å². The first-order valence-corrected chi connectivity index (χ1v) is 7.53. The highest BCUT2D eigenvalue weighted by Crippen LogP contribution is 2.48. The van der Waals surface area contributed by atoms with Gasteiger partial charge < -0.3 is 4.74 Å². The van der Waals surface area contributed by atoms with Crippen molar-refractivity contribution in [3.8, 4) is 22.3 Å². The molecule has 3 nitrogen and oxygen atoms in total. The van der Waals surface area contributed by atoms with Crippen molar-refractivity contribution in [2.75, 3.05) is 5.32 Å². The summed E-state index contributed by atoms with van der Waals surface area (Å²) in [6.45, 7) is 0.262. The van der Waals surface area contributed by atoms with Crippen molar-refractivity contribution in [2.45, 2.75) is 6.61 Å². The second-order valence-corrected chi connectivity index (χ2v) is 5.49. The summed E-state index contributed by atoms with van der Waals surface area (Å²) < 4.78 is 5.25. The Kier molecular flexibility index (Phi) is 3.31. The molecule has 2 aliphatic carbocycles. The molecule has 0 saturated carbocycles. The summed E-state index contributed by atoms with van der Waals surface area (Å²) in [5.41, 5.74) is 6.39. The lowest BCUT2D eigenvalue weighted by Gasteiger charge is -2.06. The lowest BCUT2D eigenvalue weighted by molar-refractivity contribution is 0.155. The van der Waals surface area contributed by atoms with Crippen LogP contribution in [0.5, 0.6) is 0 Å². The zero-order valence-corrected chi connectivity index (χ0v) is 12.5. The SMILES string of the molecule is O=C(Nc1c2cccc1-2)OCc1ccc(-c2ccccc2)cc1.